The van der Waals surface area contributed by atoms with Crippen LogP contribution in [0.5, 0.6) is 17.2 Å². The maximum absolute atomic E-state index is 12.7. The third-order valence-corrected chi connectivity index (χ3v) is 4.81. The van der Waals surface area contributed by atoms with Crippen LogP contribution in [0, 0.1) is 6.92 Å². The third kappa shape index (κ3) is 5.35. The number of amides is 1. The second kappa shape index (κ2) is 8.78. The van der Waals surface area contributed by atoms with Crippen LogP contribution in [-0.4, -0.2) is 28.4 Å². The summed E-state index contributed by atoms with van der Waals surface area (Å²) in [5.41, 5.74) is 2.08. The van der Waals surface area contributed by atoms with Crippen LogP contribution in [0.25, 0.3) is 0 Å². The van der Waals surface area contributed by atoms with Crippen molar-refractivity contribution >= 4 is 5.91 Å². The van der Waals surface area contributed by atoms with Crippen molar-refractivity contribution in [1.82, 2.24) is 9.88 Å². The first kappa shape index (κ1) is 19.0. The molecule has 0 aliphatic heterocycles. The summed E-state index contributed by atoms with van der Waals surface area (Å²) in [6.45, 7) is 2.58. The van der Waals surface area contributed by atoms with Crippen LogP contribution in [0.1, 0.15) is 24.1 Å². The number of hydrogen-bond acceptors (Lipinski definition) is 4. The van der Waals surface area contributed by atoms with Crippen LogP contribution in [-0.2, 0) is 11.3 Å². The zero-order valence-electron chi connectivity index (χ0n) is 16.5. The molecule has 0 spiro atoms. The van der Waals surface area contributed by atoms with Gasteiger partial charge in [0.2, 0.25) is 0 Å². The molecule has 0 saturated heterocycles. The molecular weight excluding hydrogens is 364 g/mol. The summed E-state index contributed by atoms with van der Waals surface area (Å²) >= 11 is 0. The molecule has 0 N–H and O–H groups in total. The predicted octanol–water partition coefficient (Wildman–Crippen LogP) is 4.75. The molecule has 0 radical (unpaired) electrons. The lowest BCUT2D eigenvalue weighted by Gasteiger charge is -2.22. The zero-order chi connectivity index (χ0) is 20.1. The van der Waals surface area contributed by atoms with Gasteiger partial charge in [-0.3, -0.25) is 9.78 Å². The summed E-state index contributed by atoms with van der Waals surface area (Å²) in [7, 11) is 0. The molecule has 0 bridgehead atoms. The number of aromatic nitrogens is 1. The minimum atomic E-state index is -0.0156. The summed E-state index contributed by atoms with van der Waals surface area (Å²) in [5.74, 6) is 2.14. The van der Waals surface area contributed by atoms with E-state index in [2.05, 4.69) is 4.98 Å². The minimum Gasteiger partial charge on any atom is -0.484 e. The molecule has 1 aliphatic carbocycles. The zero-order valence-corrected chi connectivity index (χ0v) is 16.5. The van der Waals surface area contributed by atoms with E-state index in [1.54, 1.807) is 6.20 Å². The molecular formula is C24H24N2O3. The topological polar surface area (TPSA) is 51.7 Å². The molecule has 1 saturated carbocycles. The molecule has 1 fully saturated rings. The molecule has 29 heavy (non-hydrogen) atoms. The van der Waals surface area contributed by atoms with Crippen LogP contribution < -0.4 is 9.47 Å². The van der Waals surface area contributed by atoms with Gasteiger partial charge in [0.1, 0.15) is 17.2 Å². The van der Waals surface area contributed by atoms with E-state index in [9.17, 15) is 4.79 Å². The van der Waals surface area contributed by atoms with Crippen molar-refractivity contribution < 1.29 is 14.3 Å². The molecule has 1 aromatic heterocycles. The fourth-order valence-electron chi connectivity index (χ4n) is 3.05. The van der Waals surface area contributed by atoms with Crippen LogP contribution >= 0.6 is 0 Å². The number of hydrogen-bond donors (Lipinski definition) is 0. The average molecular weight is 388 g/mol. The Bertz CT molecular complexity index is 936. The number of rotatable bonds is 8. The van der Waals surface area contributed by atoms with Crippen molar-refractivity contribution in [2.24, 2.45) is 0 Å². The molecule has 4 rings (SSSR count). The molecule has 5 heteroatoms. The first-order chi connectivity index (χ1) is 14.2. The summed E-state index contributed by atoms with van der Waals surface area (Å²) in [5, 5.41) is 0. The Morgan fingerprint density at radius 1 is 0.966 bits per heavy atom. The fourth-order valence-corrected chi connectivity index (χ4v) is 3.05. The average Bonchev–Trinajstić information content (AvgIpc) is 3.59. The highest BCUT2D eigenvalue weighted by molar-refractivity contribution is 5.78. The summed E-state index contributed by atoms with van der Waals surface area (Å²) in [4.78, 5) is 18.9. The molecule has 0 atom stereocenters. The summed E-state index contributed by atoms with van der Waals surface area (Å²) in [6, 6.07) is 21.3. The Balaban J connectivity index is 1.31. The smallest absolute Gasteiger partial charge is 0.261 e. The maximum Gasteiger partial charge on any atom is 0.261 e. The quantitative estimate of drug-likeness (QED) is 0.559. The first-order valence-corrected chi connectivity index (χ1v) is 9.84. The van der Waals surface area contributed by atoms with Gasteiger partial charge in [-0.15, -0.1) is 0 Å². The third-order valence-electron chi connectivity index (χ3n) is 4.81. The van der Waals surface area contributed by atoms with Gasteiger partial charge in [-0.1, -0.05) is 23.8 Å². The van der Waals surface area contributed by atoms with Crippen molar-refractivity contribution in [2.75, 3.05) is 6.61 Å². The number of ether oxygens (including phenoxy) is 2. The molecule has 1 aliphatic rings. The van der Waals surface area contributed by atoms with Crippen molar-refractivity contribution in [3.63, 3.8) is 0 Å². The highest BCUT2D eigenvalue weighted by atomic mass is 16.5. The molecule has 148 valence electrons. The lowest BCUT2D eigenvalue weighted by Crippen LogP contribution is -2.36. The van der Waals surface area contributed by atoms with Crippen LogP contribution in [0.3, 0.4) is 0 Å². The highest BCUT2D eigenvalue weighted by Gasteiger charge is 2.32. The number of nitrogens with zero attached hydrogens (tertiary/aromatic N) is 2. The van der Waals surface area contributed by atoms with Gasteiger partial charge >= 0.3 is 0 Å². The van der Waals surface area contributed by atoms with Gasteiger partial charge in [-0.05, 0) is 68.3 Å². The SMILES string of the molecule is Cc1ccc(Oc2ccc(OCC(=O)N(Cc3ccccn3)C3CC3)cc2)cc1. The number of aryl methyl sites for hydroxylation is 1. The van der Waals surface area contributed by atoms with Gasteiger partial charge in [0, 0.05) is 12.2 Å². The van der Waals surface area contributed by atoms with E-state index in [0.717, 1.165) is 30.0 Å². The van der Waals surface area contributed by atoms with Crippen molar-refractivity contribution in [3.05, 3.63) is 84.2 Å². The number of carbonyl (C=O) groups excluding carboxylic acids is 1. The predicted molar refractivity (Wildman–Crippen MR) is 111 cm³/mol. The molecule has 2 aromatic carbocycles. The van der Waals surface area contributed by atoms with E-state index in [1.807, 2.05) is 78.6 Å². The normalized spacial score (nSPS) is 13.0. The first-order valence-electron chi connectivity index (χ1n) is 9.84. The largest absolute Gasteiger partial charge is 0.484 e. The summed E-state index contributed by atoms with van der Waals surface area (Å²) < 4.78 is 11.5. The Morgan fingerprint density at radius 3 is 2.24 bits per heavy atom. The van der Waals surface area contributed by atoms with Crippen molar-refractivity contribution in [3.8, 4) is 17.2 Å². The highest BCUT2D eigenvalue weighted by Crippen LogP contribution is 2.28. The van der Waals surface area contributed by atoms with Crippen LogP contribution in [0.4, 0.5) is 0 Å². The van der Waals surface area contributed by atoms with E-state index >= 15 is 0 Å². The number of carbonyl (C=O) groups is 1. The van der Waals surface area contributed by atoms with Gasteiger partial charge in [0.25, 0.3) is 5.91 Å². The lowest BCUT2D eigenvalue weighted by molar-refractivity contribution is -0.134. The van der Waals surface area contributed by atoms with E-state index in [-0.39, 0.29) is 12.5 Å². The standard InChI is InChI=1S/C24H24N2O3/c1-18-5-9-22(10-6-18)29-23-13-11-21(12-14-23)28-17-24(27)26(20-7-8-20)16-19-4-2-3-15-25-19/h2-6,9-15,20H,7-8,16-17H2,1H3. The van der Waals surface area contributed by atoms with E-state index < -0.39 is 0 Å². The van der Waals surface area contributed by atoms with Gasteiger partial charge in [-0.25, -0.2) is 0 Å². The lowest BCUT2D eigenvalue weighted by atomic mass is 10.2. The van der Waals surface area contributed by atoms with E-state index in [0.29, 0.717) is 18.3 Å². The van der Waals surface area contributed by atoms with Gasteiger partial charge in [0.15, 0.2) is 6.61 Å². The Kier molecular flexibility index (Phi) is 5.75. The number of benzene rings is 2. The van der Waals surface area contributed by atoms with Gasteiger partial charge in [0.05, 0.1) is 12.2 Å². The molecule has 3 aromatic rings. The minimum absolute atomic E-state index is 0.0154. The van der Waals surface area contributed by atoms with E-state index in [1.165, 1.54) is 5.56 Å². The summed E-state index contributed by atoms with van der Waals surface area (Å²) in [6.07, 6.45) is 3.84. The molecule has 1 amide bonds. The number of pyridine rings is 1. The monoisotopic (exact) mass is 388 g/mol. The molecule has 1 heterocycles. The molecule has 0 unspecified atom stereocenters. The van der Waals surface area contributed by atoms with E-state index in [4.69, 9.17) is 9.47 Å². The van der Waals surface area contributed by atoms with Gasteiger partial charge < -0.3 is 14.4 Å². The second-order valence-corrected chi connectivity index (χ2v) is 7.25. The fraction of sp³-hybridized carbons (Fsp3) is 0.250. The van der Waals surface area contributed by atoms with Crippen LogP contribution in [0.2, 0.25) is 0 Å². The molecule has 5 nitrogen and oxygen atoms in total. The Hall–Kier alpha value is -3.34. The van der Waals surface area contributed by atoms with Crippen molar-refractivity contribution in [1.29, 1.82) is 0 Å². The maximum atomic E-state index is 12.7. The van der Waals surface area contributed by atoms with Crippen LogP contribution in [0.15, 0.2) is 72.9 Å². The van der Waals surface area contributed by atoms with Crippen molar-refractivity contribution in [2.45, 2.75) is 32.4 Å². The Morgan fingerprint density at radius 2 is 1.62 bits per heavy atom. The Labute approximate surface area is 170 Å². The second-order valence-electron chi connectivity index (χ2n) is 7.25. The van der Waals surface area contributed by atoms with Gasteiger partial charge in [-0.2, -0.15) is 0 Å².